The van der Waals surface area contributed by atoms with E-state index in [0.29, 0.717) is 5.69 Å². The number of hydrogen-bond donors (Lipinski definition) is 4. The molecule has 0 radical (unpaired) electrons. The largest absolute Gasteiger partial charge is 0.504 e. The molecule has 1 aromatic carbocycles. The van der Waals surface area contributed by atoms with Crippen molar-refractivity contribution in [3.8, 4) is 11.5 Å². The minimum absolute atomic E-state index is 0.100. The van der Waals surface area contributed by atoms with Crippen LogP contribution in [0.4, 0.5) is 5.69 Å². The second kappa shape index (κ2) is 4.54. The number of nitrogens with one attached hydrogen (secondary N) is 1. The Hall–Kier alpha value is -1.91. The molecular formula is C10H15N3O2. The second-order valence-electron chi connectivity index (χ2n) is 3.44. The first-order chi connectivity index (χ1) is 6.99. The van der Waals surface area contributed by atoms with E-state index in [1.807, 2.05) is 13.8 Å². The quantitative estimate of drug-likeness (QED) is 0.255. The van der Waals surface area contributed by atoms with Crippen molar-refractivity contribution < 1.29 is 10.2 Å². The van der Waals surface area contributed by atoms with E-state index in [0.717, 1.165) is 0 Å². The molecule has 1 aromatic rings. The number of benzene rings is 1. The van der Waals surface area contributed by atoms with Gasteiger partial charge in [0.25, 0.3) is 0 Å². The third-order valence-corrected chi connectivity index (χ3v) is 1.65. The molecule has 82 valence electrons. The van der Waals surface area contributed by atoms with Gasteiger partial charge in [-0.3, -0.25) is 4.99 Å². The number of hydrogen-bond acceptors (Lipinski definition) is 3. The zero-order valence-corrected chi connectivity index (χ0v) is 8.73. The minimum Gasteiger partial charge on any atom is -0.504 e. The first-order valence-corrected chi connectivity index (χ1v) is 4.61. The van der Waals surface area contributed by atoms with E-state index in [-0.39, 0.29) is 23.5 Å². The van der Waals surface area contributed by atoms with Gasteiger partial charge in [-0.15, -0.1) is 0 Å². The van der Waals surface area contributed by atoms with Crippen LogP contribution in [0.1, 0.15) is 13.8 Å². The Morgan fingerprint density at radius 3 is 2.53 bits per heavy atom. The number of aromatic hydroxyl groups is 2. The van der Waals surface area contributed by atoms with Crippen LogP contribution in [0.2, 0.25) is 0 Å². The zero-order chi connectivity index (χ0) is 11.4. The Morgan fingerprint density at radius 2 is 2.00 bits per heavy atom. The number of anilines is 1. The van der Waals surface area contributed by atoms with Gasteiger partial charge in [-0.05, 0) is 26.0 Å². The Morgan fingerprint density at radius 1 is 1.33 bits per heavy atom. The van der Waals surface area contributed by atoms with Crippen molar-refractivity contribution in [2.75, 3.05) is 5.32 Å². The third kappa shape index (κ3) is 3.38. The summed E-state index contributed by atoms with van der Waals surface area (Å²) in [5, 5.41) is 21.1. The third-order valence-electron chi connectivity index (χ3n) is 1.65. The molecule has 0 amide bonds. The molecule has 0 aromatic heterocycles. The summed E-state index contributed by atoms with van der Waals surface area (Å²) in [6.07, 6.45) is 0. The number of aliphatic imine (C=N–C) groups is 1. The summed E-state index contributed by atoms with van der Waals surface area (Å²) in [5.74, 6) is -0.0904. The van der Waals surface area contributed by atoms with Crippen molar-refractivity contribution in [3.63, 3.8) is 0 Å². The average molecular weight is 209 g/mol. The Balaban J connectivity index is 2.77. The van der Waals surface area contributed by atoms with Gasteiger partial charge in [-0.1, -0.05) is 0 Å². The van der Waals surface area contributed by atoms with E-state index in [4.69, 9.17) is 10.8 Å². The maximum Gasteiger partial charge on any atom is 0.193 e. The smallest absolute Gasteiger partial charge is 0.193 e. The molecule has 5 N–H and O–H groups in total. The van der Waals surface area contributed by atoms with Crippen molar-refractivity contribution >= 4 is 11.6 Å². The summed E-state index contributed by atoms with van der Waals surface area (Å²) < 4.78 is 0. The van der Waals surface area contributed by atoms with Crippen LogP contribution in [0, 0.1) is 0 Å². The average Bonchev–Trinajstić information content (AvgIpc) is 2.10. The normalized spacial score (nSPS) is 11.8. The van der Waals surface area contributed by atoms with Crippen LogP contribution in [-0.4, -0.2) is 22.2 Å². The number of nitrogens with two attached hydrogens (primary N) is 1. The predicted molar refractivity (Wildman–Crippen MR) is 60.2 cm³/mol. The topological polar surface area (TPSA) is 90.9 Å². The Bertz CT molecular complexity index is 375. The first-order valence-electron chi connectivity index (χ1n) is 4.61. The minimum atomic E-state index is -0.197. The van der Waals surface area contributed by atoms with Gasteiger partial charge in [0.05, 0.1) is 0 Å². The van der Waals surface area contributed by atoms with Gasteiger partial charge in [-0.2, -0.15) is 0 Å². The number of phenolic OH excluding ortho intramolecular Hbond substituents is 2. The molecule has 5 nitrogen and oxygen atoms in total. The van der Waals surface area contributed by atoms with E-state index >= 15 is 0 Å². The molecule has 5 heteroatoms. The highest BCUT2D eigenvalue weighted by Gasteiger charge is 2.01. The van der Waals surface area contributed by atoms with Gasteiger partial charge in [0.15, 0.2) is 17.5 Å². The maximum absolute atomic E-state index is 9.22. The lowest BCUT2D eigenvalue weighted by Gasteiger charge is -2.07. The van der Waals surface area contributed by atoms with Gasteiger partial charge in [-0.25, -0.2) is 0 Å². The Kier molecular flexibility index (Phi) is 3.38. The molecule has 0 aliphatic rings. The van der Waals surface area contributed by atoms with Crippen LogP contribution < -0.4 is 11.1 Å². The summed E-state index contributed by atoms with van der Waals surface area (Å²) in [5.41, 5.74) is 6.17. The van der Waals surface area contributed by atoms with Gasteiger partial charge in [0.2, 0.25) is 0 Å². The molecular weight excluding hydrogens is 194 g/mol. The SMILES string of the molecule is CC(C)N=C(N)Nc1ccc(O)c(O)c1. The zero-order valence-electron chi connectivity index (χ0n) is 8.73. The van der Waals surface area contributed by atoms with E-state index in [2.05, 4.69) is 10.3 Å². The van der Waals surface area contributed by atoms with Crippen LogP contribution in [-0.2, 0) is 0 Å². The van der Waals surface area contributed by atoms with Gasteiger partial charge in [0, 0.05) is 17.8 Å². The fourth-order valence-electron chi connectivity index (χ4n) is 1.06. The molecule has 0 aliphatic heterocycles. The molecule has 15 heavy (non-hydrogen) atoms. The molecule has 0 aliphatic carbocycles. The maximum atomic E-state index is 9.22. The van der Waals surface area contributed by atoms with Crippen molar-refractivity contribution in [3.05, 3.63) is 18.2 Å². The summed E-state index contributed by atoms with van der Waals surface area (Å²) in [6, 6.07) is 4.44. The summed E-state index contributed by atoms with van der Waals surface area (Å²) in [4.78, 5) is 4.06. The van der Waals surface area contributed by atoms with Gasteiger partial charge < -0.3 is 21.3 Å². The fraction of sp³-hybridized carbons (Fsp3) is 0.300. The highest BCUT2D eigenvalue weighted by molar-refractivity contribution is 5.92. The van der Waals surface area contributed by atoms with Crippen LogP contribution in [0.5, 0.6) is 11.5 Å². The Labute approximate surface area is 88.3 Å². The lowest BCUT2D eigenvalue weighted by molar-refractivity contribution is 0.404. The summed E-state index contributed by atoms with van der Waals surface area (Å²) >= 11 is 0. The van der Waals surface area contributed by atoms with Crippen molar-refractivity contribution in [1.82, 2.24) is 0 Å². The molecule has 0 unspecified atom stereocenters. The van der Waals surface area contributed by atoms with Crippen LogP contribution >= 0.6 is 0 Å². The van der Waals surface area contributed by atoms with Crippen molar-refractivity contribution in [2.24, 2.45) is 10.7 Å². The molecule has 0 bridgehead atoms. The van der Waals surface area contributed by atoms with E-state index in [1.54, 1.807) is 6.07 Å². The summed E-state index contributed by atoms with van der Waals surface area (Å²) in [6.45, 7) is 3.81. The van der Waals surface area contributed by atoms with Gasteiger partial charge >= 0.3 is 0 Å². The van der Waals surface area contributed by atoms with Crippen LogP contribution in [0.15, 0.2) is 23.2 Å². The summed E-state index contributed by atoms with van der Waals surface area (Å²) in [7, 11) is 0. The molecule has 0 spiro atoms. The molecule has 0 atom stereocenters. The predicted octanol–water partition coefficient (Wildman–Crippen LogP) is 1.23. The van der Waals surface area contributed by atoms with E-state index < -0.39 is 0 Å². The molecule has 0 saturated heterocycles. The van der Waals surface area contributed by atoms with E-state index in [9.17, 15) is 5.11 Å². The molecule has 1 rings (SSSR count). The molecule has 0 heterocycles. The lowest BCUT2D eigenvalue weighted by Crippen LogP contribution is -2.23. The van der Waals surface area contributed by atoms with Crippen molar-refractivity contribution in [1.29, 1.82) is 0 Å². The lowest BCUT2D eigenvalue weighted by atomic mass is 10.3. The number of guanidine groups is 1. The fourth-order valence-corrected chi connectivity index (χ4v) is 1.06. The van der Waals surface area contributed by atoms with Crippen LogP contribution in [0.25, 0.3) is 0 Å². The molecule has 0 fully saturated rings. The standard InChI is InChI=1S/C10H15N3O2/c1-6(2)12-10(11)13-7-3-4-8(14)9(15)5-7/h3-6,14-15H,1-2H3,(H3,11,12,13). The monoisotopic (exact) mass is 209 g/mol. The van der Waals surface area contributed by atoms with E-state index in [1.165, 1.54) is 12.1 Å². The number of phenols is 2. The van der Waals surface area contributed by atoms with Crippen LogP contribution in [0.3, 0.4) is 0 Å². The van der Waals surface area contributed by atoms with Gasteiger partial charge in [0.1, 0.15) is 0 Å². The highest BCUT2D eigenvalue weighted by Crippen LogP contribution is 2.27. The first kappa shape index (κ1) is 11.2. The molecule has 0 saturated carbocycles. The number of nitrogens with zero attached hydrogens (tertiary/aromatic N) is 1. The second-order valence-corrected chi connectivity index (χ2v) is 3.44. The number of rotatable bonds is 2. The van der Waals surface area contributed by atoms with Crippen molar-refractivity contribution in [2.45, 2.75) is 19.9 Å². The highest BCUT2D eigenvalue weighted by atomic mass is 16.3.